The zero-order valence-corrected chi connectivity index (χ0v) is 9.80. The van der Waals surface area contributed by atoms with Crippen LogP contribution < -0.4 is 11.1 Å². The highest BCUT2D eigenvalue weighted by molar-refractivity contribution is 8.00. The summed E-state index contributed by atoms with van der Waals surface area (Å²) in [7, 11) is 0. The van der Waals surface area contributed by atoms with Crippen LogP contribution in [-0.4, -0.2) is 21.9 Å². The SMILES string of the molecule is Nc1ccc(NC(=O)C2CCCCS2)nc1. The lowest BCUT2D eigenvalue weighted by atomic mass is 10.2. The largest absolute Gasteiger partial charge is 0.397 e. The molecular weight excluding hydrogens is 222 g/mol. The molecule has 0 bridgehead atoms. The molecule has 1 aliphatic rings. The van der Waals surface area contributed by atoms with Crippen LogP contribution in [0.5, 0.6) is 0 Å². The summed E-state index contributed by atoms with van der Waals surface area (Å²) in [5.74, 6) is 1.71. The number of hydrogen-bond acceptors (Lipinski definition) is 4. The Morgan fingerprint density at radius 2 is 2.38 bits per heavy atom. The van der Waals surface area contributed by atoms with Gasteiger partial charge in [0.05, 0.1) is 17.1 Å². The Kier molecular flexibility index (Phi) is 3.66. The second-order valence-electron chi connectivity index (χ2n) is 3.82. The van der Waals surface area contributed by atoms with E-state index in [-0.39, 0.29) is 11.2 Å². The van der Waals surface area contributed by atoms with Gasteiger partial charge in [0.25, 0.3) is 0 Å². The fourth-order valence-electron chi connectivity index (χ4n) is 1.63. The Bertz CT molecular complexity index is 360. The van der Waals surface area contributed by atoms with Gasteiger partial charge in [-0.1, -0.05) is 6.42 Å². The Morgan fingerprint density at radius 1 is 1.50 bits per heavy atom. The Labute approximate surface area is 99.0 Å². The van der Waals surface area contributed by atoms with E-state index in [2.05, 4.69) is 10.3 Å². The van der Waals surface area contributed by atoms with Gasteiger partial charge in [-0.25, -0.2) is 4.98 Å². The number of thioether (sulfide) groups is 1. The van der Waals surface area contributed by atoms with Crippen LogP contribution in [0.2, 0.25) is 0 Å². The molecule has 5 heteroatoms. The third-order valence-corrected chi connectivity index (χ3v) is 3.89. The average Bonchev–Trinajstić information content (AvgIpc) is 2.33. The van der Waals surface area contributed by atoms with E-state index in [4.69, 9.17) is 5.73 Å². The molecule has 86 valence electrons. The van der Waals surface area contributed by atoms with Crippen molar-refractivity contribution >= 4 is 29.2 Å². The summed E-state index contributed by atoms with van der Waals surface area (Å²) in [5.41, 5.74) is 6.12. The monoisotopic (exact) mass is 237 g/mol. The highest BCUT2D eigenvalue weighted by atomic mass is 32.2. The highest BCUT2D eigenvalue weighted by Gasteiger charge is 2.21. The smallest absolute Gasteiger partial charge is 0.238 e. The minimum Gasteiger partial charge on any atom is -0.397 e. The lowest BCUT2D eigenvalue weighted by molar-refractivity contribution is -0.115. The van der Waals surface area contributed by atoms with Crippen LogP contribution in [0.3, 0.4) is 0 Å². The van der Waals surface area contributed by atoms with Crippen LogP contribution in [0.25, 0.3) is 0 Å². The maximum Gasteiger partial charge on any atom is 0.238 e. The van der Waals surface area contributed by atoms with Crippen LogP contribution in [0, 0.1) is 0 Å². The van der Waals surface area contributed by atoms with Crippen LogP contribution in [0.15, 0.2) is 18.3 Å². The Morgan fingerprint density at radius 3 is 3.00 bits per heavy atom. The number of carbonyl (C=O) groups is 1. The Balaban J connectivity index is 1.93. The molecule has 4 nitrogen and oxygen atoms in total. The van der Waals surface area contributed by atoms with E-state index in [0.717, 1.165) is 18.6 Å². The first-order chi connectivity index (χ1) is 7.75. The van der Waals surface area contributed by atoms with Gasteiger partial charge in [-0.05, 0) is 30.7 Å². The lowest BCUT2D eigenvalue weighted by Gasteiger charge is -2.20. The van der Waals surface area contributed by atoms with E-state index in [1.54, 1.807) is 30.1 Å². The second-order valence-corrected chi connectivity index (χ2v) is 5.13. The van der Waals surface area contributed by atoms with Crippen molar-refractivity contribution < 1.29 is 4.79 Å². The lowest BCUT2D eigenvalue weighted by Crippen LogP contribution is -2.27. The van der Waals surface area contributed by atoms with E-state index >= 15 is 0 Å². The first kappa shape index (κ1) is 11.3. The number of nitrogens with zero attached hydrogens (tertiary/aromatic N) is 1. The molecule has 2 heterocycles. The molecule has 1 aromatic rings. The topological polar surface area (TPSA) is 68.0 Å². The predicted molar refractivity (Wildman–Crippen MR) is 67.4 cm³/mol. The summed E-state index contributed by atoms with van der Waals surface area (Å²) in [6.45, 7) is 0. The average molecular weight is 237 g/mol. The molecule has 0 saturated carbocycles. The number of nitrogen functional groups attached to an aromatic ring is 1. The van der Waals surface area contributed by atoms with Crippen LogP contribution in [0.1, 0.15) is 19.3 Å². The zero-order valence-electron chi connectivity index (χ0n) is 8.98. The highest BCUT2D eigenvalue weighted by Crippen LogP contribution is 2.25. The van der Waals surface area contributed by atoms with E-state index in [9.17, 15) is 4.79 Å². The second kappa shape index (κ2) is 5.21. The first-order valence-electron chi connectivity index (χ1n) is 5.40. The summed E-state index contributed by atoms with van der Waals surface area (Å²) in [5, 5.41) is 2.89. The van der Waals surface area contributed by atoms with Crippen molar-refractivity contribution in [1.82, 2.24) is 4.98 Å². The number of rotatable bonds is 2. The number of hydrogen-bond donors (Lipinski definition) is 2. The van der Waals surface area contributed by atoms with E-state index in [0.29, 0.717) is 11.5 Å². The summed E-state index contributed by atoms with van der Waals surface area (Å²) in [4.78, 5) is 15.9. The van der Waals surface area contributed by atoms with Gasteiger partial charge in [0.2, 0.25) is 5.91 Å². The molecule has 16 heavy (non-hydrogen) atoms. The molecule has 0 aliphatic carbocycles. The summed E-state index contributed by atoms with van der Waals surface area (Å²) >= 11 is 1.73. The van der Waals surface area contributed by atoms with Crippen molar-refractivity contribution in [3.8, 4) is 0 Å². The molecule has 1 fully saturated rings. The molecule has 1 atom stereocenters. The van der Waals surface area contributed by atoms with Gasteiger partial charge in [-0.3, -0.25) is 4.79 Å². The van der Waals surface area contributed by atoms with Crippen molar-refractivity contribution in [1.29, 1.82) is 0 Å². The molecule has 0 spiro atoms. The van der Waals surface area contributed by atoms with Crippen LogP contribution in [-0.2, 0) is 4.79 Å². The third-order valence-electron chi connectivity index (χ3n) is 2.51. The van der Waals surface area contributed by atoms with Gasteiger partial charge < -0.3 is 11.1 Å². The number of nitrogens with one attached hydrogen (secondary N) is 1. The van der Waals surface area contributed by atoms with Gasteiger partial charge in [-0.15, -0.1) is 11.8 Å². The van der Waals surface area contributed by atoms with E-state index in [1.807, 2.05) is 0 Å². The predicted octanol–water partition coefficient (Wildman–Crippen LogP) is 1.89. The van der Waals surface area contributed by atoms with Crippen molar-refractivity contribution in [2.45, 2.75) is 24.5 Å². The standard InChI is InChI=1S/C11H15N3OS/c12-8-4-5-10(13-7-8)14-11(15)9-3-1-2-6-16-9/h4-5,7,9H,1-3,6,12H2,(H,13,14,15). The molecule has 0 radical (unpaired) electrons. The number of nitrogens with two attached hydrogens (primary N) is 1. The molecule has 1 aliphatic heterocycles. The number of aromatic nitrogens is 1. The van der Waals surface area contributed by atoms with Crippen molar-refractivity contribution in [3.05, 3.63) is 18.3 Å². The molecule has 2 rings (SSSR count). The van der Waals surface area contributed by atoms with Gasteiger partial charge in [0, 0.05) is 0 Å². The fraction of sp³-hybridized carbons (Fsp3) is 0.455. The minimum atomic E-state index is 0.0574. The molecule has 1 amide bonds. The normalized spacial score (nSPS) is 20.4. The quantitative estimate of drug-likeness (QED) is 0.824. The summed E-state index contributed by atoms with van der Waals surface area (Å²) in [6, 6.07) is 3.46. The number of carbonyl (C=O) groups excluding carboxylic acids is 1. The van der Waals surface area contributed by atoms with E-state index < -0.39 is 0 Å². The molecule has 0 aromatic carbocycles. The molecule has 1 saturated heterocycles. The number of pyridine rings is 1. The maximum absolute atomic E-state index is 11.8. The van der Waals surface area contributed by atoms with Crippen molar-refractivity contribution in [2.75, 3.05) is 16.8 Å². The third kappa shape index (κ3) is 2.88. The van der Waals surface area contributed by atoms with Gasteiger partial charge >= 0.3 is 0 Å². The maximum atomic E-state index is 11.8. The fourth-order valence-corrected chi connectivity index (χ4v) is 2.83. The molecule has 3 N–H and O–H groups in total. The molecule has 1 unspecified atom stereocenters. The van der Waals surface area contributed by atoms with Gasteiger partial charge in [-0.2, -0.15) is 0 Å². The van der Waals surface area contributed by atoms with Crippen molar-refractivity contribution in [2.24, 2.45) is 0 Å². The van der Waals surface area contributed by atoms with Crippen molar-refractivity contribution in [3.63, 3.8) is 0 Å². The Hall–Kier alpha value is -1.23. The molecule has 1 aromatic heterocycles. The number of amides is 1. The molecular formula is C11H15N3OS. The van der Waals surface area contributed by atoms with E-state index in [1.165, 1.54) is 6.42 Å². The minimum absolute atomic E-state index is 0.0574. The van der Waals surface area contributed by atoms with Gasteiger partial charge in [0.15, 0.2) is 0 Å². The van der Waals surface area contributed by atoms with Gasteiger partial charge in [0.1, 0.15) is 5.82 Å². The zero-order chi connectivity index (χ0) is 11.4. The first-order valence-corrected chi connectivity index (χ1v) is 6.44. The summed E-state index contributed by atoms with van der Waals surface area (Å²) in [6.07, 6.45) is 4.86. The number of anilines is 2. The summed E-state index contributed by atoms with van der Waals surface area (Å²) < 4.78 is 0. The van der Waals surface area contributed by atoms with Crippen LogP contribution in [0.4, 0.5) is 11.5 Å². The van der Waals surface area contributed by atoms with Crippen LogP contribution >= 0.6 is 11.8 Å².